The maximum atomic E-state index is 13.7. The third kappa shape index (κ3) is 2.64. The predicted molar refractivity (Wildman–Crippen MR) is 69.5 cm³/mol. The van der Waals surface area contributed by atoms with E-state index in [4.69, 9.17) is 23.2 Å². The molecule has 18 heavy (non-hydrogen) atoms. The first kappa shape index (κ1) is 13.3. The molecule has 0 saturated heterocycles. The zero-order chi connectivity index (χ0) is 13.3. The van der Waals surface area contributed by atoms with Crippen molar-refractivity contribution in [1.82, 2.24) is 4.98 Å². The highest BCUT2D eigenvalue weighted by atomic mass is 35.5. The second-order valence-corrected chi connectivity index (χ2v) is 4.79. The Labute approximate surface area is 114 Å². The van der Waals surface area contributed by atoms with Crippen LogP contribution in [0.2, 0.25) is 10.0 Å². The van der Waals surface area contributed by atoms with Crippen molar-refractivity contribution in [3.05, 3.63) is 63.1 Å². The molecule has 1 unspecified atom stereocenters. The fraction of sp³-hybridized carbons (Fsp3) is 0.154. The fourth-order valence-electron chi connectivity index (χ4n) is 1.65. The van der Waals surface area contributed by atoms with Gasteiger partial charge in [-0.25, -0.2) is 4.39 Å². The van der Waals surface area contributed by atoms with Crippen molar-refractivity contribution in [3.8, 4) is 0 Å². The van der Waals surface area contributed by atoms with Crippen molar-refractivity contribution in [2.75, 3.05) is 0 Å². The van der Waals surface area contributed by atoms with Gasteiger partial charge in [-0.2, -0.15) is 0 Å². The molecular formula is C13H10Cl2FNO. The summed E-state index contributed by atoms with van der Waals surface area (Å²) in [4.78, 5) is 3.94. The highest BCUT2D eigenvalue weighted by Gasteiger charge is 2.19. The number of benzene rings is 1. The summed E-state index contributed by atoms with van der Waals surface area (Å²) in [6, 6.07) is 5.95. The maximum Gasteiger partial charge on any atom is 0.129 e. The SMILES string of the molecule is Cc1ccc(F)c(C(O)c2ncc(Cl)cc2Cl)c1. The molecule has 2 rings (SSSR count). The summed E-state index contributed by atoms with van der Waals surface area (Å²) in [7, 11) is 0. The molecule has 0 aliphatic carbocycles. The van der Waals surface area contributed by atoms with E-state index >= 15 is 0 Å². The molecule has 2 aromatic rings. The quantitative estimate of drug-likeness (QED) is 0.907. The Morgan fingerprint density at radius 3 is 2.67 bits per heavy atom. The lowest BCUT2D eigenvalue weighted by molar-refractivity contribution is 0.210. The van der Waals surface area contributed by atoms with Gasteiger partial charge in [0.1, 0.15) is 11.9 Å². The van der Waals surface area contributed by atoms with Crippen LogP contribution in [0.4, 0.5) is 4.39 Å². The molecule has 1 aromatic carbocycles. The van der Waals surface area contributed by atoms with Crippen LogP contribution in [-0.4, -0.2) is 10.1 Å². The normalized spacial score (nSPS) is 12.5. The van der Waals surface area contributed by atoms with Gasteiger partial charge in [0.2, 0.25) is 0 Å². The van der Waals surface area contributed by atoms with Crippen LogP contribution in [0.3, 0.4) is 0 Å². The van der Waals surface area contributed by atoms with Gasteiger partial charge in [0.15, 0.2) is 0 Å². The van der Waals surface area contributed by atoms with Crippen molar-refractivity contribution >= 4 is 23.2 Å². The van der Waals surface area contributed by atoms with Gasteiger partial charge in [-0.1, -0.05) is 40.9 Å². The Morgan fingerprint density at radius 1 is 1.28 bits per heavy atom. The second kappa shape index (κ2) is 5.22. The highest BCUT2D eigenvalue weighted by molar-refractivity contribution is 6.34. The molecule has 0 spiro atoms. The van der Waals surface area contributed by atoms with E-state index in [1.54, 1.807) is 12.1 Å². The molecule has 2 nitrogen and oxygen atoms in total. The van der Waals surface area contributed by atoms with Crippen LogP contribution >= 0.6 is 23.2 Å². The van der Waals surface area contributed by atoms with E-state index in [0.717, 1.165) is 5.56 Å². The molecule has 1 atom stereocenters. The first-order valence-corrected chi connectivity index (χ1v) is 5.99. The van der Waals surface area contributed by atoms with Gasteiger partial charge in [0.05, 0.1) is 15.7 Å². The van der Waals surface area contributed by atoms with Crippen LogP contribution in [0.1, 0.15) is 22.9 Å². The number of aliphatic hydroxyl groups excluding tert-OH is 1. The van der Waals surface area contributed by atoms with Crippen molar-refractivity contribution in [2.24, 2.45) is 0 Å². The first-order chi connectivity index (χ1) is 8.49. The zero-order valence-electron chi connectivity index (χ0n) is 9.49. The van der Waals surface area contributed by atoms with Gasteiger partial charge in [-0.05, 0) is 19.1 Å². The third-order valence-electron chi connectivity index (χ3n) is 2.54. The van der Waals surface area contributed by atoms with E-state index in [1.807, 2.05) is 6.92 Å². The Balaban J connectivity index is 2.47. The van der Waals surface area contributed by atoms with Crippen LogP contribution in [0.5, 0.6) is 0 Å². The van der Waals surface area contributed by atoms with Crippen LogP contribution < -0.4 is 0 Å². The molecule has 0 saturated carbocycles. The van der Waals surface area contributed by atoms with Crippen LogP contribution in [0, 0.1) is 12.7 Å². The Morgan fingerprint density at radius 2 is 2.00 bits per heavy atom. The smallest absolute Gasteiger partial charge is 0.129 e. The topological polar surface area (TPSA) is 33.1 Å². The summed E-state index contributed by atoms with van der Waals surface area (Å²) in [5, 5.41) is 10.7. The number of nitrogens with zero attached hydrogens (tertiary/aromatic N) is 1. The number of halogens is 3. The largest absolute Gasteiger partial charge is 0.382 e. The molecule has 0 amide bonds. The molecule has 94 valence electrons. The highest BCUT2D eigenvalue weighted by Crippen LogP contribution is 2.29. The van der Waals surface area contributed by atoms with Crippen LogP contribution in [0.25, 0.3) is 0 Å². The van der Waals surface area contributed by atoms with E-state index in [-0.39, 0.29) is 16.3 Å². The van der Waals surface area contributed by atoms with Crippen LogP contribution in [-0.2, 0) is 0 Å². The average molecular weight is 286 g/mol. The number of hydrogen-bond acceptors (Lipinski definition) is 2. The molecule has 5 heteroatoms. The van der Waals surface area contributed by atoms with Crippen molar-refractivity contribution in [2.45, 2.75) is 13.0 Å². The van der Waals surface area contributed by atoms with Crippen molar-refractivity contribution < 1.29 is 9.50 Å². The van der Waals surface area contributed by atoms with Gasteiger partial charge in [0.25, 0.3) is 0 Å². The summed E-state index contributed by atoms with van der Waals surface area (Å²) in [5.41, 5.74) is 1.17. The monoisotopic (exact) mass is 285 g/mol. The van der Waals surface area contributed by atoms with E-state index < -0.39 is 11.9 Å². The summed E-state index contributed by atoms with van der Waals surface area (Å²) in [6.45, 7) is 1.81. The number of aromatic nitrogens is 1. The molecule has 0 fully saturated rings. The summed E-state index contributed by atoms with van der Waals surface area (Å²) in [6.07, 6.45) is 0.148. The minimum Gasteiger partial charge on any atom is -0.382 e. The average Bonchev–Trinajstić information content (AvgIpc) is 2.31. The van der Waals surface area contributed by atoms with Crippen molar-refractivity contribution in [3.63, 3.8) is 0 Å². The molecule has 1 heterocycles. The van der Waals surface area contributed by atoms with Crippen LogP contribution in [0.15, 0.2) is 30.5 Å². The Hall–Kier alpha value is -1.16. The number of aryl methyl sites for hydroxylation is 1. The minimum absolute atomic E-state index is 0.145. The van der Waals surface area contributed by atoms with E-state index in [0.29, 0.717) is 5.02 Å². The van der Waals surface area contributed by atoms with E-state index in [1.165, 1.54) is 18.3 Å². The lowest BCUT2D eigenvalue weighted by Gasteiger charge is -2.13. The third-order valence-corrected chi connectivity index (χ3v) is 3.05. The number of hydrogen-bond donors (Lipinski definition) is 1. The molecule has 1 N–H and O–H groups in total. The molecule has 0 bridgehead atoms. The van der Waals surface area contributed by atoms with E-state index in [9.17, 15) is 9.50 Å². The summed E-state index contributed by atoms with van der Waals surface area (Å²) in [5.74, 6) is -0.499. The van der Waals surface area contributed by atoms with Gasteiger partial charge in [-0.3, -0.25) is 4.98 Å². The Kier molecular flexibility index (Phi) is 3.85. The standard InChI is InChI=1S/C13H10Cl2FNO/c1-7-2-3-11(16)9(4-7)13(18)12-10(15)5-8(14)6-17-12/h2-6,13,18H,1H3. The molecule has 1 aromatic heterocycles. The Bertz CT molecular complexity index is 589. The first-order valence-electron chi connectivity index (χ1n) is 5.24. The van der Waals surface area contributed by atoms with Gasteiger partial charge in [0, 0.05) is 11.8 Å². The summed E-state index contributed by atoms with van der Waals surface area (Å²) >= 11 is 11.7. The zero-order valence-corrected chi connectivity index (χ0v) is 11.0. The molecule has 0 radical (unpaired) electrons. The van der Waals surface area contributed by atoms with E-state index in [2.05, 4.69) is 4.98 Å². The molecular weight excluding hydrogens is 276 g/mol. The number of aliphatic hydroxyl groups is 1. The molecule has 0 aliphatic rings. The van der Waals surface area contributed by atoms with Crippen molar-refractivity contribution in [1.29, 1.82) is 0 Å². The fourth-order valence-corrected chi connectivity index (χ4v) is 2.13. The van der Waals surface area contributed by atoms with Gasteiger partial charge >= 0.3 is 0 Å². The second-order valence-electron chi connectivity index (χ2n) is 3.95. The predicted octanol–water partition coefficient (Wildman–Crippen LogP) is 3.92. The maximum absolute atomic E-state index is 13.7. The lowest BCUT2D eigenvalue weighted by atomic mass is 10.0. The lowest BCUT2D eigenvalue weighted by Crippen LogP contribution is -2.06. The minimum atomic E-state index is -1.21. The summed E-state index contributed by atoms with van der Waals surface area (Å²) < 4.78 is 13.7. The van der Waals surface area contributed by atoms with Gasteiger partial charge < -0.3 is 5.11 Å². The molecule has 0 aliphatic heterocycles. The van der Waals surface area contributed by atoms with Gasteiger partial charge in [-0.15, -0.1) is 0 Å². The number of rotatable bonds is 2. The number of pyridine rings is 1.